The molecular weight excluding hydrogens is 434 g/mol. The molecule has 0 aliphatic carbocycles. The van der Waals surface area contributed by atoms with Gasteiger partial charge >= 0.3 is 0 Å². The molecule has 0 saturated carbocycles. The van der Waals surface area contributed by atoms with Gasteiger partial charge in [-0.1, -0.05) is 55.8 Å². The Labute approximate surface area is 208 Å². The zero-order valence-corrected chi connectivity index (χ0v) is 20.6. The molecular formula is C30H35N3O2. The molecule has 0 unspecified atom stereocenters. The molecule has 2 amide bonds. The quantitative estimate of drug-likeness (QED) is 0.391. The third-order valence-electron chi connectivity index (χ3n) is 6.52. The molecule has 5 heteroatoms. The van der Waals surface area contributed by atoms with E-state index in [-0.39, 0.29) is 11.8 Å². The first kappa shape index (κ1) is 24.5. The van der Waals surface area contributed by atoms with E-state index in [4.69, 9.17) is 0 Å². The molecule has 1 fully saturated rings. The summed E-state index contributed by atoms with van der Waals surface area (Å²) in [5.41, 5.74) is 5.21. The van der Waals surface area contributed by atoms with Gasteiger partial charge in [-0.05, 0) is 73.6 Å². The third-order valence-corrected chi connectivity index (χ3v) is 6.52. The highest BCUT2D eigenvalue weighted by Crippen LogP contribution is 2.28. The standard InChI is InChI=1S/C30H35N3O2/c1-2-3-9-24-12-14-25(15-13-24)29(34)32-26-16-17-28(33-20-7-8-21-33)27(22-26)30(35)31-19-18-23-10-5-4-6-11-23/h4-6,10-17,22H,2-3,7-9,18-21H2,1H3,(H,31,35)(H,32,34). The number of carbonyl (C=O) groups excluding carboxylic acids is 2. The first-order valence-corrected chi connectivity index (χ1v) is 12.8. The molecule has 2 N–H and O–H groups in total. The van der Waals surface area contributed by atoms with Crippen molar-refractivity contribution in [1.82, 2.24) is 5.32 Å². The number of aryl methyl sites for hydroxylation is 1. The average molecular weight is 470 g/mol. The number of carbonyl (C=O) groups is 2. The van der Waals surface area contributed by atoms with Gasteiger partial charge in [0, 0.05) is 36.6 Å². The van der Waals surface area contributed by atoms with Gasteiger partial charge in [-0.25, -0.2) is 0 Å². The van der Waals surface area contributed by atoms with Crippen LogP contribution in [0.1, 0.15) is 64.4 Å². The molecule has 4 rings (SSSR count). The fourth-order valence-corrected chi connectivity index (χ4v) is 4.50. The Morgan fingerprint density at radius 1 is 0.829 bits per heavy atom. The molecule has 0 atom stereocenters. The Morgan fingerprint density at radius 2 is 1.54 bits per heavy atom. The largest absolute Gasteiger partial charge is 0.371 e. The van der Waals surface area contributed by atoms with Crippen LogP contribution >= 0.6 is 0 Å². The van der Waals surface area contributed by atoms with Gasteiger partial charge in [-0.2, -0.15) is 0 Å². The lowest BCUT2D eigenvalue weighted by molar-refractivity contribution is 0.0953. The molecule has 5 nitrogen and oxygen atoms in total. The maximum absolute atomic E-state index is 13.2. The van der Waals surface area contributed by atoms with Crippen molar-refractivity contribution < 1.29 is 9.59 Å². The Bertz CT molecular complexity index is 1120. The van der Waals surface area contributed by atoms with Gasteiger partial charge in [0.2, 0.25) is 0 Å². The minimum atomic E-state index is -0.170. The summed E-state index contributed by atoms with van der Waals surface area (Å²) >= 11 is 0. The van der Waals surface area contributed by atoms with Gasteiger partial charge in [-0.15, -0.1) is 0 Å². The summed E-state index contributed by atoms with van der Waals surface area (Å²) in [6, 6.07) is 23.6. The Morgan fingerprint density at radius 3 is 2.26 bits per heavy atom. The molecule has 0 bridgehead atoms. The molecule has 1 aliphatic rings. The van der Waals surface area contributed by atoms with Crippen LogP contribution in [0, 0.1) is 0 Å². The van der Waals surface area contributed by atoms with Crippen molar-refractivity contribution in [1.29, 1.82) is 0 Å². The highest BCUT2D eigenvalue weighted by atomic mass is 16.2. The summed E-state index contributed by atoms with van der Waals surface area (Å²) < 4.78 is 0. The average Bonchev–Trinajstić information content (AvgIpc) is 3.43. The van der Waals surface area contributed by atoms with Crippen molar-refractivity contribution in [2.75, 3.05) is 29.9 Å². The zero-order chi connectivity index (χ0) is 24.5. The van der Waals surface area contributed by atoms with Crippen molar-refractivity contribution in [3.63, 3.8) is 0 Å². The third kappa shape index (κ3) is 6.72. The Balaban J connectivity index is 1.46. The molecule has 0 radical (unpaired) electrons. The van der Waals surface area contributed by atoms with E-state index < -0.39 is 0 Å². The first-order chi connectivity index (χ1) is 17.1. The smallest absolute Gasteiger partial charge is 0.255 e. The maximum atomic E-state index is 13.2. The normalized spacial score (nSPS) is 13.0. The van der Waals surface area contributed by atoms with Crippen LogP contribution in [-0.2, 0) is 12.8 Å². The predicted octanol–water partition coefficient (Wildman–Crippen LogP) is 5.85. The number of anilines is 2. The molecule has 1 heterocycles. The fourth-order valence-electron chi connectivity index (χ4n) is 4.50. The predicted molar refractivity (Wildman–Crippen MR) is 143 cm³/mol. The van der Waals surface area contributed by atoms with E-state index in [0.29, 0.717) is 23.4 Å². The number of nitrogens with zero attached hydrogens (tertiary/aromatic N) is 1. The highest BCUT2D eigenvalue weighted by Gasteiger charge is 2.20. The summed E-state index contributed by atoms with van der Waals surface area (Å²) in [4.78, 5) is 28.3. The van der Waals surface area contributed by atoms with Crippen molar-refractivity contribution in [2.24, 2.45) is 0 Å². The van der Waals surface area contributed by atoms with Crippen LogP contribution in [0.25, 0.3) is 0 Å². The summed E-state index contributed by atoms with van der Waals surface area (Å²) in [5.74, 6) is -0.282. The molecule has 0 spiro atoms. The second-order valence-corrected chi connectivity index (χ2v) is 9.17. The number of hydrogen-bond acceptors (Lipinski definition) is 3. The van der Waals surface area contributed by atoms with Crippen LogP contribution in [0.15, 0.2) is 72.8 Å². The molecule has 35 heavy (non-hydrogen) atoms. The number of nitrogens with one attached hydrogen (secondary N) is 2. The van der Waals surface area contributed by atoms with Crippen LogP contribution in [0.3, 0.4) is 0 Å². The molecule has 3 aromatic carbocycles. The van der Waals surface area contributed by atoms with Gasteiger partial charge in [0.25, 0.3) is 11.8 Å². The Kier molecular flexibility index (Phi) is 8.55. The molecule has 182 valence electrons. The van der Waals surface area contributed by atoms with Crippen molar-refractivity contribution >= 4 is 23.2 Å². The lowest BCUT2D eigenvalue weighted by atomic mass is 10.1. The molecule has 1 aliphatic heterocycles. The molecule has 1 saturated heterocycles. The van der Waals surface area contributed by atoms with E-state index in [1.165, 1.54) is 11.1 Å². The Hall–Kier alpha value is -3.60. The van der Waals surface area contributed by atoms with Crippen LogP contribution < -0.4 is 15.5 Å². The zero-order valence-electron chi connectivity index (χ0n) is 20.6. The van der Waals surface area contributed by atoms with Gasteiger partial charge < -0.3 is 15.5 Å². The second kappa shape index (κ2) is 12.2. The van der Waals surface area contributed by atoms with Crippen LogP contribution in [0.5, 0.6) is 0 Å². The van der Waals surface area contributed by atoms with E-state index in [1.807, 2.05) is 54.6 Å². The number of unbranched alkanes of at least 4 members (excludes halogenated alkanes) is 1. The highest BCUT2D eigenvalue weighted by molar-refractivity contribution is 6.06. The van der Waals surface area contributed by atoms with E-state index in [1.54, 1.807) is 6.07 Å². The van der Waals surface area contributed by atoms with E-state index >= 15 is 0 Å². The summed E-state index contributed by atoms with van der Waals surface area (Å²) in [5, 5.41) is 6.05. The van der Waals surface area contributed by atoms with Gasteiger partial charge in [0.05, 0.1) is 5.56 Å². The summed E-state index contributed by atoms with van der Waals surface area (Å²) in [6.45, 7) is 4.62. The van der Waals surface area contributed by atoms with Crippen LogP contribution in [0.4, 0.5) is 11.4 Å². The van der Waals surface area contributed by atoms with Crippen molar-refractivity contribution in [3.8, 4) is 0 Å². The minimum Gasteiger partial charge on any atom is -0.371 e. The van der Waals surface area contributed by atoms with E-state index in [0.717, 1.165) is 57.3 Å². The fraction of sp³-hybridized carbons (Fsp3) is 0.333. The number of hydrogen-bond donors (Lipinski definition) is 2. The lowest BCUT2D eigenvalue weighted by Crippen LogP contribution is -2.29. The second-order valence-electron chi connectivity index (χ2n) is 9.17. The summed E-state index contributed by atoms with van der Waals surface area (Å²) in [6.07, 6.45) is 6.35. The molecule has 3 aromatic rings. The molecule has 0 aromatic heterocycles. The van der Waals surface area contributed by atoms with Gasteiger partial charge in [-0.3, -0.25) is 9.59 Å². The first-order valence-electron chi connectivity index (χ1n) is 12.8. The number of rotatable bonds is 10. The topological polar surface area (TPSA) is 61.4 Å². The SMILES string of the molecule is CCCCc1ccc(C(=O)Nc2ccc(N3CCCC3)c(C(=O)NCCc3ccccc3)c2)cc1. The van der Waals surface area contributed by atoms with Crippen LogP contribution in [-0.4, -0.2) is 31.4 Å². The number of benzene rings is 3. The summed E-state index contributed by atoms with van der Waals surface area (Å²) in [7, 11) is 0. The number of amides is 2. The maximum Gasteiger partial charge on any atom is 0.255 e. The van der Waals surface area contributed by atoms with E-state index in [9.17, 15) is 9.59 Å². The van der Waals surface area contributed by atoms with Gasteiger partial charge in [0.1, 0.15) is 0 Å². The monoisotopic (exact) mass is 469 g/mol. The van der Waals surface area contributed by atoms with E-state index in [2.05, 4.69) is 34.6 Å². The minimum absolute atomic E-state index is 0.112. The lowest BCUT2D eigenvalue weighted by Gasteiger charge is -2.22. The van der Waals surface area contributed by atoms with Gasteiger partial charge in [0.15, 0.2) is 0 Å². The van der Waals surface area contributed by atoms with Crippen molar-refractivity contribution in [2.45, 2.75) is 45.4 Å². The van der Waals surface area contributed by atoms with Crippen molar-refractivity contribution in [3.05, 3.63) is 95.1 Å². The van der Waals surface area contributed by atoms with Crippen LogP contribution in [0.2, 0.25) is 0 Å².